The molecular weight excluding hydrogens is 260 g/mol. The van der Waals surface area contributed by atoms with Crippen molar-refractivity contribution in [2.45, 2.75) is 64.5 Å². The number of nitrogens with two attached hydrogens (primary N) is 1. The van der Waals surface area contributed by atoms with Gasteiger partial charge in [-0.05, 0) is 68.6 Å². The number of rotatable bonds is 5. The number of benzene rings is 1. The summed E-state index contributed by atoms with van der Waals surface area (Å²) in [5, 5.41) is 0. The number of nitrogens with one attached hydrogen (secondary N) is 1. The first-order chi connectivity index (χ1) is 10.0. The summed E-state index contributed by atoms with van der Waals surface area (Å²) in [7, 11) is 1.84. The van der Waals surface area contributed by atoms with Crippen LogP contribution in [-0.2, 0) is 11.2 Å². The minimum atomic E-state index is -0.129. The Labute approximate surface area is 129 Å². The van der Waals surface area contributed by atoms with Gasteiger partial charge in [0.25, 0.3) is 0 Å². The van der Waals surface area contributed by atoms with Gasteiger partial charge in [0, 0.05) is 7.11 Å². The molecule has 118 valence electrons. The van der Waals surface area contributed by atoms with Crippen molar-refractivity contribution in [3.63, 3.8) is 0 Å². The number of aryl methyl sites for hydroxylation is 2. The summed E-state index contributed by atoms with van der Waals surface area (Å²) in [6, 6.07) is 6.64. The Morgan fingerprint density at radius 3 is 2.33 bits per heavy atom. The van der Waals surface area contributed by atoms with Gasteiger partial charge in [0.15, 0.2) is 0 Å². The standard InChI is InChI=1S/C18H30N2O/c1-13-8-10-18(21-4,11-9-13)17(20-19)12-16-14(2)6-5-7-15(16)3/h5-7,13,17,20H,8-12,19H2,1-4H3. The molecule has 3 N–H and O–H groups in total. The minimum absolute atomic E-state index is 0.129. The first kappa shape index (κ1) is 16.5. The summed E-state index contributed by atoms with van der Waals surface area (Å²) in [5.74, 6) is 6.72. The van der Waals surface area contributed by atoms with Crippen molar-refractivity contribution < 1.29 is 4.74 Å². The third-order valence-electron chi connectivity index (χ3n) is 5.42. The topological polar surface area (TPSA) is 47.3 Å². The predicted molar refractivity (Wildman–Crippen MR) is 88.1 cm³/mol. The van der Waals surface area contributed by atoms with Crippen LogP contribution in [0.1, 0.15) is 49.3 Å². The van der Waals surface area contributed by atoms with Gasteiger partial charge in [-0.25, -0.2) is 0 Å². The third-order valence-corrected chi connectivity index (χ3v) is 5.42. The molecule has 0 bridgehead atoms. The molecule has 0 radical (unpaired) electrons. The first-order valence-electron chi connectivity index (χ1n) is 8.09. The lowest BCUT2D eigenvalue weighted by molar-refractivity contribution is -0.0747. The zero-order valence-corrected chi connectivity index (χ0v) is 13.9. The van der Waals surface area contributed by atoms with Gasteiger partial charge in [-0.1, -0.05) is 25.1 Å². The van der Waals surface area contributed by atoms with Gasteiger partial charge in [-0.15, -0.1) is 0 Å². The molecule has 1 aromatic rings. The smallest absolute Gasteiger partial charge is 0.0847 e. The number of hydrogen-bond donors (Lipinski definition) is 2. The highest BCUT2D eigenvalue weighted by atomic mass is 16.5. The SMILES string of the molecule is COC1(C(Cc2c(C)cccc2C)NN)CCC(C)CC1. The van der Waals surface area contributed by atoms with Crippen molar-refractivity contribution >= 4 is 0 Å². The van der Waals surface area contributed by atoms with E-state index in [0.717, 1.165) is 25.2 Å². The highest BCUT2D eigenvalue weighted by molar-refractivity contribution is 5.34. The van der Waals surface area contributed by atoms with E-state index in [0.29, 0.717) is 0 Å². The molecule has 1 aromatic carbocycles. The monoisotopic (exact) mass is 290 g/mol. The van der Waals surface area contributed by atoms with Gasteiger partial charge in [-0.2, -0.15) is 0 Å². The summed E-state index contributed by atoms with van der Waals surface area (Å²) in [6.07, 6.45) is 5.55. The molecule has 3 nitrogen and oxygen atoms in total. The van der Waals surface area contributed by atoms with Crippen LogP contribution in [0.25, 0.3) is 0 Å². The summed E-state index contributed by atoms with van der Waals surface area (Å²) >= 11 is 0. The van der Waals surface area contributed by atoms with Gasteiger partial charge in [0.1, 0.15) is 0 Å². The maximum atomic E-state index is 5.99. The van der Waals surface area contributed by atoms with E-state index in [-0.39, 0.29) is 11.6 Å². The van der Waals surface area contributed by atoms with Gasteiger partial charge in [-0.3, -0.25) is 11.3 Å². The molecule has 3 heteroatoms. The van der Waals surface area contributed by atoms with Crippen LogP contribution in [0.5, 0.6) is 0 Å². The lowest BCUT2D eigenvalue weighted by atomic mass is 9.73. The van der Waals surface area contributed by atoms with Crippen LogP contribution in [-0.4, -0.2) is 18.8 Å². The Morgan fingerprint density at radius 1 is 1.29 bits per heavy atom. The number of hydrazine groups is 1. The number of hydrogen-bond acceptors (Lipinski definition) is 3. The summed E-state index contributed by atoms with van der Waals surface area (Å²) in [5.41, 5.74) is 7.00. The van der Waals surface area contributed by atoms with Gasteiger partial charge in [0.2, 0.25) is 0 Å². The molecule has 1 aliphatic carbocycles. The summed E-state index contributed by atoms with van der Waals surface area (Å²) in [6.45, 7) is 6.69. The lowest BCUT2D eigenvalue weighted by Crippen LogP contribution is -2.57. The van der Waals surface area contributed by atoms with E-state index in [9.17, 15) is 0 Å². The second-order valence-corrected chi connectivity index (χ2v) is 6.75. The molecule has 0 aromatic heterocycles. The fraction of sp³-hybridized carbons (Fsp3) is 0.667. The van der Waals surface area contributed by atoms with Crippen LogP contribution in [0, 0.1) is 19.8 Å². The Bertz CT molecular complexity index is 444. The van der Waals surface area contributed by atoms with Crippen LogP contribution in [0.4, 0.5) is 0 Å². The van der Waals surface area contributed by atoms with E-state index in [2.05, 4.69) is 44.4 Å². The zero-order valence-electron chi connectivity index (χ0n) is 13.9. The van der Waals surface area contributed by atoms with Crippen molar-refractivity contribution in [2.75, 3.05) is 7.11 Å². The van der Waals surface area contributed by atoms with Gasteiger partial charge < -0.3 is 4.74 Å². The first-order valence-corrected chi connectivity index (χ1v) is 8.09. The van der Waals surface area contributed by atoms with Crippen molar-refractivity contribution in [2.24, 2.45) is 11.8 Å². The van der Waals surface area contributed by atoms with Crippen LogP contribution in [0.3, 0.4) is 0 Å². The van der Waals surface area contributed by atoms with Crippen LogP contribution in [0.15, 0.2) is 18.2 Å². The van der Waals surface area contributed by atoms with E-state index in [4.69, 9.17) is 10.6 Å². The van der Waals surface area contributed by atoms with Crippen molar-refractivity contribution in [1.82, 2.24) is 5.43 Å². The number of methoxy groups -OCH3 is 1. The molecule has 21 heavy (non-hydrogen) atoms. The Balaban J connectivity index is 2.22. The quantitative estimate of drug-likeness (QED) is 0.646. The molecular formula is C18H30N2O. The Hall–Kier alpha value is -0.900. The fourth-order valence-electron chi connectivity index (χ4n) is 3.72. The maximum Gasteiger partial charge on any atom is 0.0847 e. The average Bonchev–Trinajstić information content (AvgIpc) is 2.49. The Morgan fingerprint density at radius 2 is 1.86 bits per heavy atom. The van der Waals surface area contributed by atoms with Gasteiger partial charge >= 0.3 is 0 Å². The molecule has 1 unspecified atom stereocenters. The Kier molecular flexibility index (Phi) is 5.42. The van der Waals surface area contributed by atoms with Crippen LogP contribution < -0.4 is 11.3 Å². The van der Waals surface area contributed by atoms with Crippen molar-refractivity contribution in [3.8, 4) is 0 Å². The third kappa shape index (κ3) is 3.47. The molecule has 0 heterocycles. The van der Waals surface area contributed by atoms with E-state index >= 15 is 0 Å². The molecule has 0 aliphatic heterocycles. The van der Waals surface area contributed by atoms with Crippen molar-refractivity contribution in [1.29, 1.82) is 0 Å². The highest BCUT2D eigenvalue weighted by Crippen LogP contribution is 2.38. The van der Waals surface area contributed by atoms with E-state index in [1.54, 1.807) is 0 Å². The van der Waals surface area contributed by atoms with Crippen LogP contribution in [0.2, 0.25) is 0 Å². The molecule has 1 atom stereocenters. The largest absolute Gasteiger partial charge is 0.377 e. The lowest BCUT2D eigenvalue weighted by Gasteiger charge is -2.44. The molecule has 2 rings (SSSR count). The molecule has 1 saturated carbocycles. The van der Waals surface area contributed by atoms with Gasteiger partial charge in [0.05, 0.1) is 11.6 Å². The predicted octanol–water partition coefficient (Wildman–Crippen LogP) is 3.27. The maximum absolute atomic E-state index is 5.99. The van der Waals surface area contributed by atoms with E-state index < -0.39 is 0 Å². The summed E-state index contributed by atoms with van der Waals surface area (Å²) < 4.78 is 5.99. The van der Waals surface area contributed by atoms with E-state index in [1.807, 2.05) is 7.11 Å². The molecule has 0 saturated heterocycles. The average molecular weight is 290 g/mol. The second kappa shape index (κ2) is 6.91. The number of ether oxygens (including phenoxy) is 1. The molecule has 0 spiro atoms. The zero-order chi connectivity index (χ0) is 15.5. The minimum Gasteiger partial charge on any atom is -0.377 e. The fourth-order valence-corrected chi connectivity index (χ4v) is 3.72. The van der Waals surface area contributed by atoms with E-state index in [1.165, 1.54) is 29.5 Å². The van der Waals surface area contributed by atoms with Crippen LogP contribution >= 0.6 is 0 Å². The molecule has 0 amide bonds. The molecule has 1 aliphatic rings. The normalized spacial score (nSPS) is 27.6. The summed E-state index contributed by atoms with van der Waals surface area (Å²) in [4.78, 5) is 0. The van der Waals surface area contributed by atoms with Crippen molar-refractivity contribution in [3.05, 3.63) is 34.9 Å². The second-order valence-electron chi connectivity index (χ2n) is 6.75. The molecule has 1 fully saturated rings. The highest BCUT2D eigenvalue weighted by Gasteiger charge is 2.41.